The van der Waals surface area contributed by atoms with Crippen molar-refractivity contribution in [3.8, 4) is 0 Å². The van der Waals surface area contributed by atoms with E-state index in [1.54, 1.807) is 0 Å². The first-order chi connectivity index (χ1) is 14.4. The topological polar surface area (TPSA) is 60.7 Å². The summed E-state index contributed by atoms with van der Waals surface area (Å²) in [6, 6.07) is 0. The summed E-state index contributed by atoms with van der Waals surface area (Å²) in [7, 11) is 0. The number of hydrogen-bond acceptors (Lipinski definition) is 3. The second-order valence-corrected chi connectivity index (χ2v) is 12.2. The van der Waals surface area contributed by atoms with Gasteiger partial charge in [0.1, 0.15) is 0 Å². The van der Waals surface area contributed by atoms with Gasteiger partial charge in [-0.3, -0.25) is 0 Å². The van der Waals surface area contributed by atoms with E-state index in [2.05, 4.69) is 26.0 Å². The van der Waals surface area contributed by atoms with Gasteiger partial charge in [-0.15, -0.1) is 0 Å². The second kappa shape index (κ2) is 6.68. The van der Waals surface area contributed by atoms with Crippen LogP contribution in [0.25, 0.3) is 0 Å². The fraction of sp³-hybridized carbons (Fsp3) is 0.852. The summed E-state index contributed by atoms with van der Waals surface area (Å²) in [5.41, 5.74) is 3.66. The molecule has 0 saturated heterocycles. The average Bonchev–Trinajstić information content (AvgIpc) is 3.56. The smallest absolute Gasteiger partial charge is 0.0777 e. The Bertz CT molecular complexity index is 781. The minimum Gasteiger partial charge on any atom is -0.393 e. The molecule has 4 saturated carbocycles. The van der Waals surface area contributed by atoms with Gasteiger partial charge in [0.15, 0.2) is 0 Å². The molecule has 0 heterocycles. The standard InChI is InChI=1S/C27H40O3/c1-15(4-8-22(29)16-5-6-16)20-7-9-24-26(20,2)10-3-11-27(24)21-14-18-19(25(21)27)12-17(28)13-23(18)30/h4,8,15-17,20-25,28-30H,3,5-7,9-14H2,1-2H3/b8-4+/t15-,17-,20-,21-,22-,23+,24-,25+,26-,27-/m1/s1. The third kappa shape index (κ3) is 2.67. The zero-order chi connectivity index (χ0) is 20.8. The van der Waals surface area contributed by atoms with E-state index in [0.717, 1.165) is 30.6 Å². The third-order valence-corrected chi connectivity index (χ3v) is 10.9. The summed E-state index contributed by atoms with van der Waals surface area (Å²) in [5, 5.41) is 31.2. The SMILES string of the molecule is C[C@H](/C=C/[C@@H](O)C1CC1)[C@H]1CC[C@@H]2[C@]1(C)CCC[C@@]21[C@@H]2CC3=C(C[C@@H](O)C[C@@H]3O)[C@@H]21. The quantitative estimate of drug-likeness (QED) is 0.591. The van der Waals surface area contributed by atoms with Crippen LogP contribution in [-0.2, 0) is 0 Å². The Morgan fingerprint density at radius 1 is 1.00 bits per heavy atom. The molecule has 1 spiro atoms. The first-order valence-electron chi connectivity index (χ1n) is 12.8. The van der Waals surface area contributed by atoms with E-state index in [0.29, 0.717) is 35.0 Å². The Hall–Kier alpha value is -0.640. The summed E-state index contributed by atoms with van der Waals surface area (Å²) in [6.45, 7) is 4.98. The monoisotopic (exact) mass is 412 g/mol. The molecule has 0 aromatic rings. The molecule has 166 valence electrons. The van der Waals surface area contributed by atoms with Crippen LogP contribution >= 0.6 is 0 Å². The van der Waals surface area contributed by atoms with Gasteiger partial charge in [0.25, 0.3) is 0 Å². The van der Waals surface area contributed by atoms with Gasteiger partial charge in [-0.25, -0.2) is 0 Å². The van der Waals surface area contributed by atoms with E-state index in [1.165, 1.54) is 56.1 Å². The number of hydrogen-bond donors (Lipinski definition) is 3. The number of aliphatic hydroxyl groups excluding tert-OH is 3. The molecule has 0 radical (unpaired) electrons. The van der Waals surface area contributed by atoms with Crippen molar-refractivity contribution in [2.75, 3.05) is 0 Å². The maximum atomic E-state index is 10.5. The van der Waals surface area contributed by atoms with Gasteiger partial charge in [0, 0.05) is 6.42 Å². The zero-order valence-electron chi connectivity index (χ0n) is 18.8. The van der Waals surface area contributed by atoms with Crippen molar-refractivity contribution in [3.63, 3.8) is 0 Å². The molecule has 30 heavy (non-hydrogen) atoms. The van der Waals surface area contributed by atoms with E-state index in [-0.39, 0.29) is 18.3 Å². The summed E-state index contributed by atoms with van der Waals surface area (Å²) in [5.74, 6) is 3.98. The van der Waals surface area contributed by atoms with Crippen LogP contribution in [0, 0.1) is 46.3 Å². The van der Waals surface area contributed by atoms with Crippen LogP contribution in [0.1, 0.15) is 78.1 Å². The molecule has 0 aliphatic heterocycles. The van der Waals surface area contributed by atoms with Gasteiger partial charge < -0.3 is 15.3 Å². The fourth-order valence-electron chi connectivity index (χ4n) is 9.48. The van der Waals surface area contributed by atoms with Crippen LogP contribution in [0.4, 0.5) is 0 Å². The highest BCUT2D eigenvalue weighted by atomic mass is 16.3. The molecule has 0 aromatic carbocycles. The molecule has 0 unspecified atom stereocenters. The lowest BCUT2D eigenvalue weighted by Crippen LogP contribution is -2.42. The number of fused-ring (bicyclic) bond motifs is 6. The van der Waals surface area contributed by atoms with Crippen molar-refractivity contribution in [3.05, 3.63) is 23.3 Å². The lowest BCUT2D eigenvalue weighted by atomic mass is 9.56. The Morgan fingerprint density at radius 2 is 1.80 bits per heavy atom. The minimum absolute atomic E-state index is 0.229. The van der Waals surface area contributed by atoms with Crippen LogP contribution in [0.3, 0.4) is 0 Å². The first-order valence-corrected chi connectivity index (χ1v) is 12.8. The summed E-state index contributed by atoms with van der Waals surface area (Å²) in [6.07, 6.45) is 15.1. The normalized spacial score (nSPS) is 51.8. The van der Waals surface area contributed by atoms with Crippen molar-refractivity contribution in [1.82, 2.24) is 0 Å². The molecular formula is C27H40O3. The van der Waals surface area contributed by atoms with E-state index < -0.39 is 0 Å². The zero-order valence-corrected chi connectivity index (χ0v) is 18.8. The molecule has 0 aromatic heterocycles. The maximum absolute atomic E-state index is 10.5. The fourth-order valence-corrected chi connectivity index (χ4v) is 9.48. The molecule has 10 atom stereocenters. The van der Waals surface area contributed by atoms with Crippen molar-refractivity contribution in [2.45, 2.75) is 96.4 Å². The van der Waals surface area contributed by atoms with E-state index in [4.69, 9.17) is 0 Å². The summed E-state index contributed by atoms with van der Waals surface area (Å²) >= 11 is 0. The lowest BCUT2D eigenvalue weighted by Gasteiger charge is -2.49. The third-order valence-electron chi connectivity index (χ3n) is 10.9. The van der Waals surface area contributed by atoms with Gasteiger partial charge in [-0.2, -0.15) is 0 Å². The van der Waals surface area contributed by atoms with Gasteiger partial charge in [0.05, 0.1) is 18.3 Å². The molecule has 0 bridgehead atoms. The molecule has 0 amide bonds. The van der Waals surface area contributed by atoms with E-state index >= 15 is 0 Å². The van der Waals surface area contributed by atoms with Crippen LogP contribution in [0.15, 0.2) is 23.3 Å². The van der Waals surface area contributed by atoms with Crippen molar-refractivity contribution >= 4 is 0 Å². The van der Waals surface area contributed by atoms with Crippen LogP contribution in [0.5, 0.6) is 0 Å². The van der Waals surface area contributed by atoms with Crippen molar-refractivity contribution in [2.24, 2.45) is 46.3 Å². The first kappa shape index (κ1) is 20.0. The second-order valence-electron chi connectivity index (χ2n) is 12.2. The number of rotatable bonds is 4. The summed E-state index contributed by atoms with van der Waals surface area (Å²) < 4.78 is 0. The molecule has 6 aliphatic carbocycles. The highest BCUT2D eigenvalue weighted by molar-refractivity contribution is 5.43. The summed E-state index contributed by atoms with van der Waals surface area (Å²) in [4.78, 5) is 0. The molecule has 4 fully saturated rings. The van der Waals surface area contributed by atoms with Crippen molar-refractivity contribution in [1.29, 1.82) is 0 Å². The maximum Gasteiger partial charge on any atom is 0.0777 e. The predicted molar refractivity (Wildman–Crippen MR) is 118 cm³/mol. The van der Waals surface area contributed by atoms with Gasteiger partial charge >= 0.3 is 0 Å². The molecule has 3 N–H and O–H groups in total. The minimum atomic E-state index is -0.386. The molecular weight excluding hydrogens is 372 g/mol. The van der Waals surface area contributed by atoms with Crippen LogP contribution in [-0.4, -0.2) is 33.6 Å². The van der Waals surface area contributed by atoms with Crippen molar-refractivity contribution < 1.29 is 15.3 Å². The Morgan fingerprint density at radius 3 is 2.57 bits per heavy atom. The molecule has 6 aliphatic rings. The molecule has 6 rings (SSSR count). The average molecular weight is 413 g/mol. The number of aliphatic hydroxyl groups is 3. The largest absolute Gasteiger partial charge is 0.393 e. The van der Waals surface area contributed by atoms with Gasteiger partial charge in [-0.05, 0) is 103 Å². The predicted octanol–water partition coefficient (Wildman–Crippen LogP) is 4.61. The Kier molecular flexibility index (Phi) is 4.46. The molecule has 3 heteroatoms. The Labute approximate surface area is 181 Å². The number of allylic oxidation sites excluding steroid dienone is 1. The van der Waals surface area contributed by atoms with E-state index in [1.807, 2.05) is 0 Å². The van der Waals surface area contributed by atoms with Gasteiger partial charge in [0.2, 0.25) is 0 Å². The van der Waals surface area contributed by atoms with Gasteiger partial charge in [-0.1, -0.05) is 38.0 Å². The molecule has 3 nitrogen and oxygen atoms in total. The highest BCUT2D eigenvalue weighted by Crippen LogP contribution is 2.82. The lowest BCUT2D eigenvalue weighted by molar-refractivity contribution is 0.00924. The van der Waals surface area contributed by atoms with E-state index in [9.17, 15) is 15.3 Å². The van der Waals surface area contributed by atoms with Crippen LogP contribution in [0.2, 0.25) is 0 Å². The highest BCUT2D eigenvalue weighted by Gasteiger charge is 2.75. The Balaban J connectivity index is 1.24. The van der Waals surface area contributed by atoms with Crippen LogP contribution < -0.4 is 0 Å².